The van der Waals surface area contributed by atoms with Crippen molar-refractivity contribution in [2.75, 3.05) is 6.61 Å². The van der Waals surface area contributed by atoms with Crippen LogP contribution in [0.15, 0.2) is 48.5 Å². The summed E-state index contributed by atoms with van der Waals surface area (Å²) in [5.74, 6) is 0.313. The van der Waals surface area contributed by atoms with Gasteiger partial charge in [-0.1, -0.05) is 12.1 Å². The highest BCUT2D eigenvalue weighted by molar-refractivity contribution is 6.09. The van der Waals surface area contributed by atoms with Gasteiger partial charge in [-0.05, 0) is 43.3 Å². The summed E-state index contributed by atoms with van der Waals surface area (Å²) >= 11 is 0. The van der Waals surface area contributed by atoms with E-state index in [0.717, 1.165) is 12.1 Å². The number of ketones is 1. The van der Waals surface area contributed by atoms with Gasteiger partial charge in [-0.15, -0.1) is 0 Å². The van der Waals surface area contributed by atoms with Gasteiger partial charge in [0.1, 0.15) is 5.75 Å². The fourth-order valence-electron chi connectivity index (χ4n) is 1.85. The Morgan fingerprint density at radius 3 is 1.86 bits per heavy atom. The molecule has 0 unspecified atom stereocenters. The first-order chi connectivity index (χ1) is 9.91. The summed E-state index contributed by atoms with van der Waals surface area (Å²) in [4.78, 5) is 12.2. The number of hydrogen-bond acceptors (Lipinski definition) is 2. The van der Waals surface area contributed by atoms with Crippen molar-refractivity contribution in [1.29, 1.82) is 0 Å². The van der Waals surface area contributed by atoms with Crippen molar-refractivity contribution in [2.45, 2.75) is 13.1 Å². The van der Waals surface area contributed by atoms with Crippen LogP contribution < -0.4 is 4.74 Å². The van der Waals surface area contributed by atoms with Crippen LogP contribution >= 0.6 is 0 Å². The highest BCUT2D eigenvalue weighted by Crippen LogP contribution is 2.29. The Balaban J connectivity index is 2.19. The topological polar surface area (TPSA) is 26.3 Å². The highest BCUT2D eigenvalue weighted by atomic mass is 19.4. The monoisotopic (exact) mass is 294 g/mol. The number of alkyl halides is 3. The quantitative estimate of drug-likeness (QED) is 0.784. The van der Waals surface area contributed by atoms with Gasteiger partial charge < -0.3 is 4.74 Å². The Labute approximate surface area is 120 Å². The lowest BCUT2D eigenvalue weighted by atomic mass is 10.0. The minimum atomic E-state index is -4.40. The third kappa shape index (κ3) is 3.62. The van der Waals surface area contributed by atoms with E-state index >= 15 is 0 Å². The van der Waals surface area contributed by atoms with Crippen molar-refractivity contribution in [3.63, 3.8) is 0 Å². The summed E-state index contributed by atoms with van der Waals surface area (Å²) in [6, 6.07) is 10.7. The van der Waals surface area contributed by atoms with E-state index in [1.54, 1.807) is 24.3 Å². The zero-order valence-electron chi connectivity index (χ0n) is 11.3. The zero-order valence-corrected chi connectivity index (χ0v) is 11.3. The molecular weight excluding hydrogens is 281 g/mol. The summed E-state index contributed by atoms with van der Waals surface area (Å²) in [5, 5.41) is 0. The molecule has 2 aromatic carbocycles. The molecule has 0 aliphatic heterocycles. The molecule has 2 rings (SSSR count). The number of rotatable bonds is 4. The summed E-state index contributed by atoms with van der Waals surface area (Å²) in [5.41, 5.74) is -0.156. The van der Waals surface area contributed by atoms with Crippen molar-refractivity contribution in [1.82, 2.24) is 0 Å². The Morgan fingerprint density at radius 2 is 1.43 bits per heavy atom. The number of carbonyl (C=O) groups excluding carboxylic acids is 1. The van der Waals surface area contributed by atoms with Crippen molar-refractivity contribution >= 4 is 5.78 Å². The Morgan fingerprint density at radius 1 is 0.952 bits per heavy atom. The zero-order chi connectivity index (χ0) is 15.5. The van der Waals surface area contributed by atoms with Crippen LogP contribution in [0.2, 0.25) is 0 Å². The van der Waals surface area contributed by atoms with E-state index in [-0.39, 0.29) is 11.3 Å². The van der Waals surface area contributed by atoms with Gasteiger partial charge in [0, 0.05) is 11.1 Å². The Bertz CT molecular complexity index is 613. The maximum absolute atomic E-state index is 12.5. The fraction of sp³-hybridized carbons (Fsp3) is 0.188. The highest BCUT2D eigenvalue weighted by Gasteiger charge is 2.30. The van der Waals surface area contributed by atoms with Crippen LogP contribution in [0.25, 0.3) is 0 Å². The lowest BCUT2D eigenvalue weighted by Gasteiger charge is -2.08. The van der Waals surface area contributed by atoms with Gasteiger partial charge >= 0.3 is 6.18 Å². The second-order valence-corrected chi connectivity index (χ2v) is 4.36. The molecule has 0 aromatic heterocycles. The van der Waals surface area contributed by atoms with E-state index < -0.39 is 11.7 Å². The SMILES string of the molecule is CCOc1ccc(C(=O)c2ccc(C(F)(F)F)cc2)cc1. The van der Waals surface area contributed by atoms with Crippen LogP contribution in [0, 0.1) is 0 Å². The van der Waals surface area contributed by atoms with E-state index in [1.807, 2.05) is 6.92 Å². The molecule has 0 saturated carbocycles. The molecule has 0 amide bonds. The molecule has 0 bridgehead atoms. The smallest absolute Gasteiger partial charge is 0.416 e. The van der Waals surface area contributed by atoms with Crippen LogP contribution in [0.1, 0.15) is 28.4 Å². The van der Waals surface area contributed by atoms with Crippen LogP contribution in [0.5, 0.6) is 5.75 Å². The average Bonchev–Trinajstić information content (AvgIpc) is 2.47. The number of carbonyl (C=O) groups is 1. The standard InChI is InChI=1S/C16H13F3O2/c1-2-21-14-9-5-12(6-10-14)15(20)11-3-7-13(8-4-11)16(17,18)19/h3-10H,2H2,1H3. The number of benzene rings is 2. The van der Waals surface area contributed by atoms with E-state index in [1.165, 1.54) is 12.1 Å². The minimum absolute atomic E-state index is 0.215. The molecule has 0 atom stereocenters. The molecule has 0 fully saturated rings. The van der Waals surface area contributed by atoms with Crippen molar-refractivity contribution < 1.29 is 22.7 Å². The number of halogens is 3. The van der Waals surface area contributed by atoms with Crippen molar-refractivity contribution in [2.24, 2.45) is 0 Å². The van der Waals surface area contributed by atoms with E-state index in [0.29, 0.717) is 17.9 Å². The fourth-order valence-corrected chi connectivity index (χ4v) is 1.85. The van der Waals surface area contributed by atoms with Gasteiger partial charge in [0.25, 0.3) is 0 Å². The van der Waals surface area contributed by atoms with Crippen LogP contribution in [0.3, 0.4) is 0 Å². The molecule has 2 nitrogen and oxygen atoms in total. The first kappa shape index (κ1) is 15.1. The first-order valence-corrected chi connectivity index (χ1v) is 6.36. The van der Waals surface area contributed by atoms with Crippen LogP contribution in [0.4, 0.5) is 13.2 Å². The van der Waals surface area contributed by atoms with Crippen molar-refractivity contribution in [3.05, 3.63) is 65.2 Å². The van der Waals surface area contributed by atoms with Gasteiger partial charge in [0.05, 0.1) is 12.2 Å². The third-order valence-electron chi connectivity index (χ3n) is 2.90. The summed E-state index contributed by atoms with van der Waals surface area (Å²) in [6.07, 6.45) is -4.40. The maximum Gasteiger partial charge on any atom is 0.416 e. The molecule has 21 heavy (non-hydrogen) atoms. The Kier molecular flexibility index (Phi) is 4.31. The van der Waals surface area contributed by atoms with E-state index in [2.05, 4.69) is 0 Å². The summed E-state index contributed by atoms with van der Waals surface area (Å²) in [7, 11) is 0. The van der Waals surface area contributed by atoms with Crippen LogP contribution in [-0.2, 0) is 6.18 Å². The predicted octanol–water partition coefficient (Wildman–Crippen LogP) is 4.34. The average molecular weight is 294 g/mol. The second kappa shape index (κ2) is 5.99. The first-order valence-electron chi connectivity index (χ1n) is 6.36. The third-order valence-corrected chi connectivity index (χ3v) is 2.90. The molecule has 2 aromatic rings. The normalized spacial score (nSPS) is 11.2. The molecule has 0 spiro atoms. The lowest BCUT2D eigenvalue weighted by Crippen LogP contribution is -2.06. The van der Waals surface area contributed by atoms with Gasteiger partial charge in [-0.3, -0.25) is 4.79 Å². The number of ether oxygens (including phenoxy) is 1. The molecule has 0 radical (unpaired) electrons. The molecule has 0 aliphatic carbocycles. The van der Waals surface area contributed by atoms with Gasteiger partial charge in [0.2, 0.25) is 0 Å². The van der Waals surface area contributed by atoms with Crippen LogP contribution in [-0.4, -0.2) is 12.4 Å². The van der Waals surface area contributed by atoms with E-state index in [9.17, 15) is 18.0 Å². The maximum atomic E-state index is 12.5. The Hall–Kier alpha value is -2.30. The molecule has 0 heterocycles. The van der Waals surface area contributed by atoms with Gasteiger partial charge in [0.15, 0.2) is 5.78 Å². The molecular formula is C16H13F3O2. The molecule has 110 valence electrons. The van der Waals surface area contributed by atoms with Gasteiger partial charge in [-0.25, -0.2) is 0 Å². The summed E-state index contributed by atoms with van der Waals surface area (Å²) in [6.45, 7) is 2.37. The molecule has 0 N–H and O–H groups in total. The second-order valence-electron chi connectivity index (χ2n) is 4.36. The van der Waals surface area contributed by atoms with E-state index in [4.69, 9.17) is 4.74 Å². The lowest BCUT2D eigenvalue weighted by molar-refractivity contribution is -0.137. The largest absolute Gasteiger partial charge is 0.494 e. The van der Waals surface area contributed by atoms with Crippen molar-refractivity contribution in [3.8, 4) is 5.75 Å². The number of hydrogen-bond donors (Lipinski definition) is 0. The molecule has 0 aliphatic rings. The molecule has 0 saturated heterocycles. The minimum Gasteiger partial charge on any atom is -0.494 e. The summed E-state index contributed by atoms with van der Waals surface area (Å²) < 4.78 is 42.6. The predicted molar refractivity (Wildman–Crippen MR) is 72.5 cm³/mol. The molecule has 5 heteroatoms. The van der Waals surface area contributed by atoms with Gasteiger partial charge in [-0.2, -0.15) is 13.2 Å².